The second-order valence-corrected chi connectivity index (χ2v) is 6.11. The van der Waals surface area contributed by atoms with E-state index < -0.39 is 29.4 Å². The first-order valence-corrected chi connectivity index (χ1v) is 7.79. The summed E-state index contributed by atoms with van der Waals surface area (Å²) in [6, 6.07) is 9.22. The summed E-state index contributed by atoms with van der Waals surface area (Å²) in [4.78, 5) is 11.9. The van der Waals surface area contributed by atoms with Crippen molar-refractivity contribution in [3.05, 3.63) is 70.8 Å². The standard InChI is InChI=1S/C19H16F6O/c1-12(26)15(8-13-4-2-6-16(10-13)18(20,21)22)9-14-5-3-7-17(11-14)19(23,24)25/h2-7,10-11,15H,8-9H2,1H3. The van der Waals surface area contributed by atoms with Gasteiger partial charge in [0.2, 0.25) is 0 Å². The van der Waals surface area contributed by atoms with Crippen molar-refractivity contribution in [3.8, 4) is 0 Å². The molecule has 140 valence electrons. The highest BCUT2D eigenvalue weighted by molar-refractivity contribution is 5.79. The molecule has 0 saturated heterocycles. The van der Waals surface area contributed by atoms with Gasteiger partial charge in [0.1, 0.15) is 5.78 Å². The molecular weight excluding hydrogens is 358 g/mol. The van der Waals surface area contributed by atoms with E-state index in [4.69, 9.17) is 0 Å². The summed E-state index contributed by atoms with van der Waals surface area (Å²) in [6.45, 7) is 1.28. The van der Waals surface area contributed by atoms with E-state index in [1.165, 1.54) is 31.2 Å². The number of halogens is 6. The lowest BCUT2D eigenvalue weighted by Gasteiger charge is -2.16. The Balaban J connectivity index is 2.22. The normalized spacial score (nSPS) is 12.5. The van der Waals surface area contributed by atoms with Gasteiger partial charge >= 0.3 is 12.4 Å². The number of carbonyl (C=O) groups excluding carboxylic acids is 1. The van der Waals surface area contributed by atoms with Crippen molar-refractivity contribution < 1.29 is 31.1 Å². The first-order chi connectivity index (χ1) is 12.0. The molecule has 0 spiro atoms. The number of ketones is 1. The smallest absolute Gasteiger partial charge is 0.300 e. The zero-order valence-corrected chi connectivity index (χ0v) is 13.8. The SMILES string of the molecule is CC(=O)C(Cc1cccc(C(F)(F)F)c1)Cc1cccc(C(F)(F)F)c1. The Morgan fingerprint density at radius 2 is 1.19 bits per heavy atom. The molecule has 0 fully saturated rings. The molecule has 0 aliphatic carbocycles. The summed E-state index contributed by atoms with van der Waals surface area (Å²) < 4.78 is 76.8. The van der Waals surface area contributed by atoms with Crippen LogP contribution in [0.2, 0.25) is 0 Å². The van der Waals surface area contributed by atoms with E-state index in [9.17, 15) is 31.1 Å². The molecule has 0 unspecified atom stereocenters. The van der Waals surface area contributed by atoms with Gasteiger partial charge in [0, 0.05) is 5.92 Å². The van der Waals surface area contributed by atoms with Gasteiger partial charge in [-0.3, -0.25) is 4.79 Å². The minimum atomic E-state index is -4.50. The third kappa shape index (κ3) is 5.34. The van der Waals surface area contributed by atoms with Crippen molar-refractivity contribution in [2.45, 2.75) is 32.1 Å². The fourth-order valence-corrected chi connectivity index (χ4v) is 2.68. The van der Waals surface area contributed by atoms with Crippen LogP contribution in [0, 0.1) is 5.92 Å². The van der Waals surface area contributed by atoms with Crippen molar-refractivity contribution in [1.82, 2.24) is 0 Å². The molecule has 0 radical (unpaired) electrons. The van der Waals surface area contributed by atoms with Crippen molar-refractivity contribution in [2.24, 2.45) is 5.92 Å². The number of hydrogen-bond donors (Lipinski definition) is 0. The van der Waals surface area contributed by atoms with Gasteiger partial charge in [-0.05, 0) is 43.0 Å². The predicted molar refractivity (Wildman–Crippen MR) is 84.5 cm³/mol. The maximum absolute atomic E-state index is 12.8. The summed E-state index contributed by atoms with van der Waals surface area (Å²) >= 11 is 0. The fraction of sp³-hybridized carbons (Fsp3) is 0.316. The fourth-order valence-electron chi connectivity index (χ4n) is 2.68. The van der Waals surface area contributed by atoms with E-state index in [1.807, 2.05) is 0 Å². The van der Waals surface area contributed by atoms with Crippen LogP contribution in [0.5, 0.6) is 0 Å². The number of carbonyl (C=O) groups is 1. The van der Waals surface area contributed by atoms with Crippen LogP contribution in [0.4, 0.5) is 26.3 Å². The van der Waals surface area contributed by atoms with E-state index in [0.29, 0.717) is 11.1 Å². The van der Waals surface area contributed by atoms with Gasteiger partial charge in [0.15, 0.2) is 0 Å². The van der Waals surface area contributed by atoms with Crippen LogP contribution in [0.25, 0.3) is 0 Å². The molecule has 0 heterocycles. The Kier molecular flexibility index (Phi) is 5.78. The zero-order chi connectivity index (χ0) is 19.5. The second-order valence-electron chi connectivity index (χ2n) is 6.11. The average molecular weight is 374 g/mol. The van der Waals surface area contributed by atoms with E-state index >= 15 is 0 Å². The summed E-state index contributed by atoms with van der Waals surface area (Å²) in [7, 11) is 0. The van der Waals surface area contributed by atoms with Gasteiger partial charge in [-0.15, -0.1) is 0 Å². The lowest BCUT2D eigenvalue weighted by molar-refractivity contribution is -0.138. The highest BCUT2D eigenvalue weighted by atomic mass is 19.4. The van der Waals surface area contributed by atoms with Crippen LogP contribution >= 0.6 is 0 Å². The molecule has 26 heavy (non-hydrogen) atoms. The van der Waals surface area contributed by atoms with Crippen molar-refractivity contribution in [1.29, 1.82) is 0 Å². The second kappa shape index (κ2) is 7.51. The highest BCUT2D eigenvalue weighted by Gasteiger charge is 2.31. The molecule has 0 saturated carbocycles. The van der Waals surface area contributed by atoms with Crippen molar-refractivity contribution >= 4 is 5.78 Å². The van der Waals surface area contributed by atoms with Gasteiger partial charge in [-0.2, -0.15) is 26.3 Å². The van der Waals surface area contributed by atoms with E-state index in [1.54, 1.807) is 0 Å². The first kappa shape index (κ1) is 20.0. The lowest BCUT2D eigenvalue weighted by Crippen LogP contribution is -2.18. The molecule has 2 rings (SSSR count). The minimum absolute atomic E-state index is 0.0233. The molecule has 0 N–H and O–H groups in total. The average Bonchev–Trinajstić information content (AvgIpc) is 2.53. The number of benzene rings is 2. The topological polar surface area (TPSA) is 17.1 Å². The van der Waals surface area contributed by atoms with E-state index in [2.05, 4.69) is 0 Å². The number of rotatable bonds is 5. The summed E-state index contributed by atoms with van der Waals surface area (Å²) in [5.74, 6) is -0.998. The molecule has 0 aliphatic heterocycles. The Morgan fingerprint density at radius 1 is 0.808 bits per heavy atom. The summed E-state index contributed by atoms with van der Waals surface area (Å²) in [5, 5.41) is 0. The molecule has 0 atom stereocenters. The number of alkyl halides is 6. The molecule has 1 nitrogen and oxygen atoms in total. The number of Topliss-reactive ketones (excluding diaryl/α,β-unsaturated/α-hetero) is 1. The molecular formula is C19H16F6O. The van der Waals surface area contributed by atoms with E-state index in [0.717, 1.165) is 24.3 Å². The molecule has 0 bridgehead atoms. The Bertz CT molecular complexity index is 717. The van der Waals surface area contributed by atoms with Crippen molar-refractivity contribution in [3.63, 3.8) is 0 Å². The van der Waals surface area contributed by atoms with Crippen LogP contribution in [0.3, 0.4) is 0 Å². The van der Waals surface area contributed by atoms with Crippen molar-refractivity contribution in [2.75, 3.05) is 0 Å². The van der Waals surface area contributed by atoms with Crippen LogP contribution in [0.15, 0.2) is 48.5 Å². The van der Waals surface area contributed by atoms with E-state index in [-0.39, 0.29) is 18.6 Å². The van der Waals surface area contributed by atoms with Gasteiger partial charge in [0.05, 0.1) is 11.1 Å². The molecule has 2 aromatic carbocycles. The monoisotopic (exact) mass is 374 g/mol. The third-order valence-electron chi connectivity index (χ3n) is 4.05. The largest absolute Gasteiger partial charge is 0.416 e. The zero-order valence-electron chi connectivity index (χ0n) is 13.8. The van der Waals surface area contributed by atoms with Gasteiger partial charge in [0.25, 0.3) is 0 Å². The van der Waals surface area contributed by atoms with Crippen LogP contribution in [0.1, 0.15) is 29.2 Å². The van der Waals surface area contributed by atoms with Crippen LogP contribution in [-0.4, -0.2) is 5.78 Å². The molecule has 0 amide bonds. The summed E-state index contributed by atoms with van der Waals surface area (Å²) in [5.41, 5.74) is -1.02. The molecule has 0 aliphatic rings. The van der Waals surface area contributed by atoms with Crippen LogP contribution in [-0.2, 0) is 30.0 Å². The molecule has 7 heteroatoms. The minimum Gasteiger partial charge on any atom is -0.300 e. The van der Waals surface area contributed by atoms with Gasteiger partial charge in [-0.1, -0.05) is 36.4 Å². The Labute approximate surface area is 146 Å². The highest BCUT2D eigenvalue weighted by Crippen LogP contribution is 2.31. The quantitative estimate of drug-likeness (QED) is 0.612. The third-order valence-corrected chi connectivity index (χ3v) is 4.05. The first-order valence-electron chi connectivity index (χ1n) is 7.79. The van der Waals surface area contributed by atoms with Gasteiger partial charge in [-0.25, -0.2) is 0 Å². The maximum Gasteiger partial charge on any atom is 0.416 e. The maximum atomic E-state index is 12.8. The lowest BCUT2D eigenvalue weighted by atomic mass is 9.89. The Morgan fingerprint density at radius 3 is 1.50 bits per heavy atom. The Hall–Kier alpha value is -2.31. The van der Waals surface area contributed by atoms with Gasteiger partial charge < -0.3 is 0 Å². The molecule has 0 aromatic heterocycles. The number of hydrogen-bond acceptors (Lipinski definition) is 1. The molecule has 2 aromatic rings. The predicted octanol–water partition coefficient (Wildman–Crippen LogP) is 5.71. The summed E-state index contributed by atoms with van der Waals surface area (Å²) in [6.07, 6.45) is -8.95. The van der Waals surface area contributed by atoms with Crippen LogP contribution < -0.4 is 0 Å².